The van der Waals surface area contributed by atoms with E-state index in [1.165, 1.54) is 0 Å². The van der Waals surface area contributed by atoms with Gasteiger partial charge < -0.3 is 4.74 Å². The maximum Gasteiger partial charge on any atom is 0.217 e. The first kappa shape index (κ1) is 16.0. The van der Waals surface area contributed by atoms with Gasteiger partial charge in [-0.1, -0.05) is 11.6 Å². The SMILES string of the molecule is Cc1cc(OCC(=O)c2ccc(Cl)cc2)nc(-c2cnccn2)n1. The molecule has 0 N–H and O–H groups in total. The highest BCUT2D eigenvalue weighted by Gasteiger charge is 2.10. The summed E-state index contributed by atoms with van der Waals surface area (Å²) in [5.41, 5.74) is 1.77. The summed E-state index contributed by atoms with van der Waals surface area (Å²) >= 11 is 5.81. The maximum absolute atomic E-state index is 12.1. The summed E-state index contributed by atoms with van der Waals surface area (Å²) in [6.45, 7) is 1.69. The van der Waals surface area contributed by atoms with E-state index in [-0.39, 0.29) is 12.4 Å². The molecule has 24 heavy (non-hydrogen) atoms. The van der Waals surface area contributed by atoms with Gasteiger partial charge in [-0.3, -0.25) is 9.78 Å². The number of benzene rings is 1. The lowest BCUT2D eigenvalue weighted by atomic mass is 10.1. The Kier molecular flexibility index (Phi) is 4.77. The van der Waals surface area contributed by atoms with E-state index in [0.717, 1.165) is 0 Å². The van der Waals surface area contributed by atoms with Crippen molar-refractivity contribution < 1.29 is 9.53 Å². The van der Waals surface area contributed by atoms with Gasteiger partial charge in [0.15, 0.2) is 18.2 Å². The van der Waals surface area contributed by atoms with E-state index in [0.29, 0.717) is 33.7 Å². The maximum atomic E-state index is 12.1. The highest BCUT2D eigenvalue weighted by molar-refractivity contribution is 6.30. The first-order chi connectivity index (χ1) is 11.6. The lowest BCUT2D eigenvalue weighted by molar-refractivity contribution is 0.0918. The summed E-state index contributed by atoms with van der Waals surface area (Å²) < 4.78 is 5.51. The van der Waals surface area contributed by atoms with Crippen molar-refractivity contribution in [1.29, 1.82) is 0 Å². The number of carbonyl (C=O) groups is 1. The largest absolute Gasteiger partial charge is 0.469 e. The molecule has 0 aliphatic carbocycles. The lowest BCUT2D eigenvalue weighted by Crippen LogP contribution is -2.12. The van der Waals surface area contributed by atoms with Gasteiger partial charge in [-0.05, 0) is 31.2 Å². The van der Waals surface area contributed by atoms with E-state index in [4.69, 9.17) is 16.3 Å². The molecule has 3 rings (SSSR count). The van der Waals surface area contributed by atoms with Crippen molar-refractivity contribution in [2.45, 2.75) is 6.92 Å². The van der Waals surface area contributed by atoms with Crippen molar-refractivity contribution >= 4 is 17.4 Å². The molecule has 2 aromatic heterocycles. The molecule has 7 heteroatoms. The first-order valence-electron chi connectivity index (χ1n) is 7.15. The summed E-state index contributed by atoms with van der Waals surface area (Å²) in [6, 6.07) is 8.30. The zero-order valence-corrected chi connectivity index (χ0v) is 13.6. The number of nitrogens with zero attached hydrogens (tertiary/aromatic N) is 4. The topological polar surface area (TPSA) is 77.9 Å². The molecule has 0 atom stereocenters. The van der Waals surface area contributed by atoms with Crippen molar-refractivity contribution in [2.24, 2.45) is 0 Å². The molecule has 0 radical (unpaired) electrons. The second-order valence-corrected chi connectivity index (χ2v) is 5.42. The van der Waals surface area contributed by atoms with Crippen LogP contribution >= 0.6 is 11.6 Å². The predicted octanol–water partition coefficient (Wildman–Crippen LogP) is 3.16. The number of hydrogen-bond acceptors (Lipinski definition) is 6. The normalized spacial score (nSPS) is 10.4. The number of rotatable bonds is 5. The van der Waals surface area contributed by atoms with Gasteiger partial charge in [0.1, 0.15) is 5.69 Å². The second-order valence-electron chi connectivity index (χ2n) is 4.98. The molecular formula is C17H13ClN4O2. The molecule has 0 fully saturated rings. The van der Waals surface area contributed by atoms with Gasteiger partial charge in [-0.15, -0.1) is 0 Å². The third kappa shape index (κ3) is 3.91. The average Bonchev–Trinajstić information content (AvgIpc) is 2.60. The van der Waals surface area contributed by atoms with Crippen LogP contribution in [0.1, 0.15) is 16.1 Å². The van der Waals surface area contributed by atoms with Crippen LogP contribution in [0.15, 0.2) is 48.9 Å². The van der Waals surface area contributed by atoms with Gasteiger partial charge in [0, 0.05) is 34.7 Å². The Balaban J connectivity index is 1.74. The molecule has 0 saturated heterocycles. The Morgan fingerprint density at radius 3 is 2.67 bits per heavy atom. The van der Waals surface area contributed by atoms with E-state index >= 15 is 0 Å². The number of carbonyl (C=O) groups excluding carboxylic acids is 1. The van der Waals surface area contributed by atoms with Crippen molar-refractivity contribution in [1.82, 2.24) is 19.9 Å². The second kappa shape index (κ2) is 7.14. The Morgan fingerprint density at radius 1 is 1.17 bits per heavy atom. The lowest BCUT2D eigenvalue weighted by Gasteiger charge is -2.07. The number of ketones is 1. The summed E-state index contributed by atoms with van der Waals surface area (Å²) in [5, 5.41) is 0.576. The molecule has 0 bridgehead atoms. The predicted molar refractivity (Wildman–Crippen MR) is 89.1 cm³/mol. The van der Waals surface area contributed by atoms with E-state index in [9.17, 15) is 4.79 Å². The molecule has 0 amide bonds. The molecule has 0 aliphatic rings. The van der Waals surface area contributed by atoms with E-state index in [1.807, 2.05) is 6.92 Å². The fraction of sp³-hybridized carbons (Fsp3) is 0.118. The summed E-state index contributed by atoms with van der Waals surface area (Å²) in [5.74, 6) is 0.548. The minimum absolute atomic E-state index is 0.127. The highest BCUT2D eigenvalue weighted by Crippen LogP contribution is 2.17. The molecular weight excluding hydrogens is 328 g/mol. The molecule has 0 unspecified atom stereocenters. The first-order valence-corrected chi connectivity index (χ1v) is 7.53. The molecule has 0 aliphatic heterocycles. The Bertz CT molecular complexity index is 854. The van der Waals surface area contributed by atoms with Crippen LogP contribution in [0.4, 0.5) is 0 Å². The van der Waals surface area contributed by atoms with Crippen LogP contribution in [0.3, 0.4) is 0 Å². The standard InChI is InChI=1S/C17H13ClN4O2/c1-11-8-16(22-17(21-11)14-9-19-6-7-20-14)24-10-15(23)12-2-4-13(18)5-3-12/h2-9H,10H2,1H3. The van der Waals surface area contributed by atoms with Crippen LogP contribution in [0.5, 0.6) is 5.88 Å². The number of hydrogen-bond donors (Lipinski definition) is 0. The fourth-order valence-electron chi connectivity index (χ4n) is 2.00. The average molecular weight is 341 g/mol. The van der Waals surface area contributed by atoms with Gasteiger partial charge in [-0.25, -0.2) is 9.97 Å². The van der Waals surface area contributed by atoms with E-state index in [2.05, 4.69) is 19.9 Å². The van der Waals surface area contributed by atoms with Crippen LogP contribution in [0, 0.1) is 6.92 Å². The number of aromatic nitrogens is 4. The number of halogens is 1. The number of aryl methyl sites for hydroxylation is 1. The number of Topliss-reactive ketones (excluding diaryl/α,β-unsaturated/α-hetero) is 1. The zero-order chi connectivity index (χ0) is 16.9. The molecule has 0 saturated carbocycles. The molecule has 120 valence electrons. The molecule has 6 nitrogen and oxygen atoms in total. The number of ether oxygens (including phenoxy) is 1. The van der Waals surface area contributed by atoms with Crippen molar-refractivity contribution in [3.05, 3.63) is 65.2 Å². The fourth-order valence-corrected chi connectivity index (χ4v) is 2.13. The third-order valence-corrected chi connectivity index (χ3v) is 3.39. The van der Waals surface area contributed by atoms with Gasteiger partial charge >= 0.3 is 0 Å². The summed E-state index contributed by atoms with van der Waals surface area (Å²) in [7, 11) is 0. The van der Waals surface area contributed by atoms with Crippen LogP contribution in [-0.2, 0) is 0 Å². The van der Waals surface area contributed by atoms with Crippen LogP contribution in [0.25, 0.3) is 11.5 Å². The smallest absolute Gasteiger partial charge is 0.217 e. The minimum Gasteiger partial charge on any atom is -0.469 e. The van der Waals surface area contributed by atoms with Gasteiger partial charge in [0.2, 0.25) is 5.88 Å². The Labute approximate surface area is 143 Å². The quantitative estimate of drug-likeness (QED) is 0.664. The zero-order valence-electron chi connectivity index (χ0n) is 12.8. The van der Waals surface area contributed by atoms with Crippen LogP contribution in [-0.4, -0.2) is 32.3 Å². The highest BCUT2D eigenvalue weighted by atomic mass is 35.5. The minimum atomic E-state index is -0.163. The monoisotopic (exact) mass is 340 g/mol. The Hall–Kier alpha value is -2.86. The summed E-state index contributed by atoms with van der Waals surface area (Å²) in [4.78, 5) is 28.9. The van der Waals surface area contributed by atoms with Gasteiger partial charge in [-0.2, -0.15) is 4.98 Å². The van der Waals surface area contributed by atoms with Crippen LogP contribution in [0.2, 0.25) is 5.02 Å². The van der Waals surface area contributed by atoms with Crippen molar-refractivity contribution in [2.75, 3.05) is 6.61 Å². The van der Waals surface area contributed by atoms with Crippen molar-refractivity contribution in [3.8, 4) is 17.4 Å². The molecule has 3 aromatic rings. The molecule has 1 aromatic carbocycles. The van der Waals surface area contributed by atoms with Gasteiger partial charge in [0.05, 0.1) is 6.20 Å². The summed E-state index contributed by atoms with van der Waals surface area (Å²) in [6.07, 6.45) is 4.70. The molecule has 0 spiro atoms. The van der Waals surface area contributed by atoms with Gasteiger partial charge in [0.25, 0.3) is 0 Å². The van der Waals surface area contributed by atoms with Crippen LogP contribution < -0.4 is 4.74 Å². The Morgan fingerprint density at radius 2 is 1.96 bits per heavy atom. The van der Waals surface area contributed by atoms with E-state index in [1.54, 1.807) is 48.9 Å². The van der Waals surface area contributed by atoms with Crippen molar-refractivity contribution in [3.63, 3.8) is 0 Å². The molecule has 2 heterocycles. The third-order valence-electron chi connectivity index (χ3n) is 3.14. The van der Waals surface area contributed by atoms with E-state index < -0.39 is 0 Å².